The fourth-order valence-corrected chi connectivity index (χ4v) is 3.93. The summed E-state index contributed by atoms with van der Waals surface area (Å²) in [6.07, 6.45) is 3.14. The van der Waals surface area contributed by atoms with Crippen molar-refractivity contribution in [1.29, 1.82) is 0 Å². The van der Waals surface area contributed by atoms with Crippen LogP contribution < -0.4 is 10.2 Å². The number of hydrogen-bond donors (Lipinski definition) is 1. The van der Waals surface area contributed by atoms with Crippen molar-refractivity contribution in [2.45, 2.75) is 19.3 Å². The molecule has 1 fully saturated rings. The second-order valence-corrected chi connectivity index (χ2v) is 7.98. The first-order chi connectivity index (χ1) is 14.5. The van der Waals surface area contributed by atoms with Crippen LogP contribution in [0.4, 0.5) is 11.4 Å². The summed E-state index contributed by atoms with van der Waals surface area (Å²) in [4.78, 5) is 41.0. The van der Waals surface area contributed by atoms with Gasteiger partial charge in [0.1, 0.15) is 10.7 Å². The van der Waals surface area contributed by atoms with Crippen LogP contribution in [0.3, 0.4) is 0 Å². The average molecular weight is 444 g/mol. The first-order valence-corrected chi connectivity index (χ1v) is 10.4. The molecule has 1 N–H and O–H groups in total. The maximum absolute atomic E-state index is 12.9. The minimum Gasteiger partial charge on any atom is -0.350 e. The number of imide groups is 1. The zero-order valence-corrected chi connectivity index (χ0v) is 17.5. The van der Waals surface area contributed by atoms with E-state index in [-0.39, 0.29) is 16.6 Å². The van der Waals surface area contributed by atoms with Gasteiger partial charge in [-0.15, -0.1) is 0 Å². The summed E-state index contributed by atoms with van der Waals surface area (Å²) in [5, 5.41) is 3.20. The van der Waals surface area contributed by atoms with Gasteiger partial charge >= 0.3 is 0 Å². The second-order valence-electron chi connectivity index (χ2n) is 7.17. The van der Waals surface area contributed by atoms with Gasteiger partial charge in [0.05, 0.1) is 5.69 Å². The molecule has 154 valence electrons. The number of halogens is 2. The summed E-state index contributed by atoms with van der Waals surface area (Å²) in [5.41, 5.74) is 1.37. The maximum atomic E-state index is 12.9. The number of likely N-dealkylation sites (tertiary alicyclic amines) is 1. The molecule has 2 aromatic carbocycles. The minimum atomic E-state index is -0.618. The highest BCUT2D eigenvalue weighted by Gasteiger charge is 2.39. The van der Waals surface area contributed by atoms with Crippen molar-refractivity contribution in [3.63, 3.8) is 0 Å². The molecular formula is C22H19Cl2N3O3. The monoisotopic (exact) mass is 443 g/mol. The number of anilines is 2. The molecule has 0 unspecified atom stereocenters. The van der Waals surface area contributed by atoms with E-state index in [1.165, 1.54) is 0 Å². The van der Waals surface area contributed by atoms with Gasteiger partial charge in [0.2, 0.25) is 0 Å². The normalized spacial score (nSPS) is 17.0. The summed E-state index contributed by atoms with van der Waals surface area (Å²) in [5.74, 6) is -1.23. The van der Waals surface area contributed by atoms with Crippen molar-refractivity contribution in [3.8, 4) is 0 Å². The molecule has 6 nitrogen and oxygen atoms in total. The topological polar surface area (TPSA) is 69.7 Å². The zero-order valence-electron chi connectivity index (χ0n) is 16.0. The van der Waals surface area contributed by atoms with Gasteiger partial charge in [0.15, 0.2) is 0 Å². The van der Waals surface area contributed by atoms with Crippen molar-refractivity contribution < 1.29 is 14.4 Å². The van der Waals surface area contributed by atoms with Crippen LogP contribution in [-0.4, -0.2) is 35.7 Å². The average Bonchev–Trinajstić information content (AvgIpc) is 2.98. The van der Waals surface area contributed by atoms with Crippen molar-refractivity contribution in [1.82, 2.24) is 4.90 Å². The molecule has 0 atom stereocenters. The van der Waals surface area contributed by atoms with E-state index in [2.05, 4.69) is 5.32 Å². The van der Waals surface area contributed by atoms with Crippen LogP contribution in [0.2, 0.25) is 5.02 Å². The summed E-state index contributed by atoms with van der Waals surface area (Å²) in [7, 11) is 0. The highest BCUT2D eigenvalue weighted by atomic mass is 35.5. The third-order valence-electron chi connectivity index (χ3n) is 5.13. The van der Waals surface area contributed by atoms with Crippen LogP contribution in [0.1, 0.15) is 29.6 Å². The molecular weight excluding hydrogens is 425 g/mol. The van der Waals surface area contributed by atoms with Gasteiger partial charge in [-0.2, -0.15) is 0 Å². The number of hydrogen-bond acceptors (Lipinski definition) is 4. The highest BCUT2D eigenvalue weighted by Crippen LogP contribution is 2.31. The molecule has 2 aliphatic heterocycles. The lowest BCUT2D eigenvalue weighted by Gasteiger charge is -2.26. The summed E-state index contributed by atoms with van der Waals surface area (Å²) < 4.78 is 0. The van der Waals surface area contributed by atoms with E-state index in [0.29, 0.717) is 22.0 Å². The smallest absolute Gasteiger partial charge is 0.283 e. The van der Waals surface area contributed by atoms with Gasteiger partial charge in [0.25, 0.3) is 17.7 Å². The lowest BCUT2D eigenvalue weighted by molar-refractivity contribution is -0.120. The molecule has 0 aromatic heterocycles. The van der Waals surface area contributed by atoms with Crippen LogP contribution >= 0.6 is 23.2 Å². The number of rotatable bonds is 4. The molecule has 2 aromatic rings. The Morgan fingerprint density at radius 1 is 0.900 bits per heavy atom. The Hall–Kier alpha value is -2.83. The zero-order chi connectivity index (χ0) is 21.3. The Balaban J connectivity index is 1.55. The Kier molecular flexibility index (Phi) is 5.79. The van der Waals surface area contributed by atoms with Crippen molar-refractivity contribution in [3.05, 3.63) is 69.8 Å². The van der Waals surface area contributed by atoms with E-state index in [1.54, 1.807) is 48.5 Å². The van der Waals surface area contributed by atoms with Gasteiger partial charge in [0, 0.05) is 29.4 Å². The quantitative estimate of drug-likeness (QED) is 0.710. The first kappa shape index (κ1) is 20.4. The fraction of sp³-hybridized carbons (Fsp3) is 0.227. The molecule has 0 radical (unpaired) electrons. The molecule has 0 bridgehead atoms. The molecule has 30 heavy (non-hydrogen) atoms. The summed E-state index contributed by atoms with van der Waals surface area (Å²) >= 11 is 12.1. The van der Waals surface area contributed by atoms with Gasteiger partial charge < -0.3 is 10.2 Å². The maximum Gasteiger partial charge on any atom is 0.283 e. The molecule has 0 saturated carbocycles. The predicted octanol–water partition coefficient (Wildman–Crippen LogP) is 4.40. The van der Waals surface area contributed by atoms with Crippen LogP contribution in [0, 0.1) is 0 Å². The van der Waals surface area contributed by atoms with E-state index >= 15 is 0 Å². The lowest BCUT2D eigenvalue weighted by Crippen LogP contribution is -2.35. The van der Waals surface area contributed by atoms with Gasteiger partial charge in [-0.05, 0) is 61.7 Å². The number of amides is 3. The van der Waals surface area contributed by atoms with Crippen LogP contribution in [0.15, 0.2) is 59.3 Å². The van der Waals surface area contributed by atoms with Gasteiger partial charge in [-0.25, -0.2) is 4.90 Å². The second kappa shape index (κ2) is 8.50. The largest absolute Gasteiger partial charge is 0.350 e. The number of carbonyl (C=O) groups excluding carboxylic acids is 3. The number of carbonyl (C=O) groups is 3. The van der Waals surface area contributed by atoms with Crippen LogP contribution in [-0.2, 0) is 9.59 Å². The van der Waals surface area contributed by atoms with Gasteiger partial charge in [-0.1, -0.05) is 29.3 Å². The SMILES string of the molecule is O=C(c1cccc(NC2=C(Cl)C(=O)N(c3ccc(Cl)cc3)C2=O)c1)N1CCCCC1. The Bertz CT molecular complexity index is 1040. The molecule has 4 rings (SSSR count). The predicted molar refractivity (Wildman–Crippen MR) is 117 cm³/mol. The van der Waals surface area contributed by atoms with Crippen LogP contribution in [0.25, 0.3) is 0 Å². The molecule has 0 aliphatic carbocycles. The summed E-state index contributed by atoms with van der Waals surface area (Å²) in [6, 6.07) is 13.2. The molecule has 0 spiro atoms. The van der Waals surface area contributed by atoms with Crippen molar-refractivity contribution in [2.75, 3.05) is 23.3 Å². The Labute approximate surface area is 184 Å². The molecule has 2 aliphatic rings. The number of benzene rings is 2. The minimum absolute atomic E-state index is 0.0285. The standard InChI is InChI=1S/C22H19Cl2N3O3/c23-15-7-9-17(10-8-15)27-21(29)18(24)19(22(27)30)25-16-6-4-5-14(13-16)20(28)26-11-2-1-3-12-26/h4-10,13,25H,1-3,11-12H2. The Morgan fingerprint density at radius 3 is 2.30 bits per heavy atom. The third kappa shape index (κ3) is 3.93. The first-order valence-electron chi connectivity index (χ1n) is 9.66. The van der Waals surface area contributed by atoms with Crippen molar-refractivity contribution in [2.24, 2.45) is 0 Å². The number of nitrogens with zero attached hydrogens (tertiary/aromatic N) is 2. The Morgan fingerprint density at radius 2 is 1.60 bits per heavy atom. The van der Waals surface area contributed by atoms with Crippen LogP contribution in [0.5, 0.6) is 0 Å². The molecule has 3 amide bonds. The highest BCUT2D eigenvalue weighted by molar-refractivity contribution is 6.53. The molecule has 1 saturated heterocycles. The van der Waals surface area contributed by atoms with E-state index < -0.39 is 11.8 Å². The van der Waals surface area contributed by atoms with E-state index in [4.69, 9.17) is 23.2 Å². The molecule has 8 heteroatoms. The fourth-order valence-electron chi connectivity index (χ4n) is 3.59. The number of nitrogens with one attached hydrogen (secondary N) is 1. The van der Waals surface area contributed by atoms with Gasteiger partial charge in [-0.3, -0.25) is 14.4 Å². The van der Waals surface area contributed by atoms with Crippen molar-refractivity contribution >= 4 is 52.3 Å². The summed E-state index contributed by atoms with van der Waals surface area (Å²) in [6.45, 7) is 1.49. The number of piperidine rings is 1. The van der Waals surface area contributed by atoms with E-state index in [1.807, 2.05) is 4.90 Å². The molecule has 2 heterocycles. The third-order valence-corrected chi connectivity index (χ3v) is 5.74. The lowest BCUT2D eigenvalue weighted by atomic mass is 10.1. The van der Waals surface area contributed by atoms with E-state index in [0.717, 1.165) is 37.3 Å². The van der Waals surface area contributed by atoms with E-state index in [9.17, 15) is 14.4 Å².